The largest absolute Gasteiger partial charge is 0.456 e. The Morgan fingerprint density at radius 2 is 1.77 bits per heavy atom. The number of nitrogens with zero attached hydrogens (tertiary/aromatic N) is 3. The molecule has 1 atom stereocenters. The number of thiazole rings is 1. The predicted molar refractivity (Wildman–Crippen MR) is 115 cm³/mol. The molecule has 0 aliphatic carbocycles. The van der Waals surface area contributed by atoms with Gasteiger partial charge in [0.05, 0.1) is 11.7 Å². The van der Waals surface area contributed by atoms with Crippen molar-refractivity contribution >= 4 is 23.3 Å². The van der Waals surface area contributed by atoms with E-state index >= 15 is 0 Å². The van der Waals surface area contributed by atoms with Gasteiger partial charge in [0, 0.05) is 37.1 Å². The van der Waals surface area contributed by atoms with Crippen LogP contribution in [0.25, 0.3) is 11.3 Å². The van der Waals surface area contributed by atoms with Gasteiger partial charge in [0.25, 0.3) is 5.91 Å². The van der Waals surface area contributed by atoms with Crippen molar-refractivity contribution in [2.24, 2.45) is 0 Å². The molecule has 0 radical (unpaired) electrons. The molecule has 1 saturated heterocycles. The number of rotatable bonds is 4. The SMILES string of the molecule is Cc1ccc(C(=O)N2CCN(C(=O)NC(C)c3nc(-c4ccccc4)cs3)CC2)o1. The fraction of sp³-hybridized carbons (Fsp3) is 0.318. The first-order chi connectivity index (χ1) is 14.5. The van der Waals surface area contributed by atoms with E-state index < -0.39 is 0 Å². The highest BCUT2D eigenvalue weighted by molar-refractivity contribution is 7.10. The van der Waals surface area contributed by atoms with E-state index in [-0.39, 0.29) is 18.0 Å². The van der Waals surface area contributed by atoms with Crippen LogP contribution in [0.2, 0.25) is 0 Å². The second-order valence-corrected chi connectivity index (χ2v) is 8.19. The number of urea groups is 1. The molecule has 1 aliphatic heterocycles. The van der Waals surface area contributed by atoms with Crippen molar-refractivity contribution in [3.8, 4) is 11.3 Å². The number of carbonyl (C=O) groups is 2. The standard InChI is InChI=1S/C22H24N4O3S/c1-15-8-9-19(29-15)21(27)25-10-12-26(13-11-25)22(28)23-16(2)20-24-18(14-30-20)17-6-4-3-5-7-17/h3-9,14,16H,10-13H2,1-2H3,(H,23,28). The normalized spacial score (nSPS) is 15.1. The number of furan rings is 1. The maximum atomic E-state index is 12.7. The summed E-state index contributed by atoms with van der Waals surface area (Å²) in [4.78, 5) is 33.3. The lowest BCUT2D eigenvalue weighted by atomic mass is 10.2. The minimum atomic E-state index is -0.189. The van der Waals surface area contributed by atoms with Gasteiger partial charge in [-0.05, 0) is 26.0 Å². The van der Waals surface area contributed by atoms with E-state index in [0.29, 0.717) is 37.7 Å². The second-order valence-electron chi connectivity index (χ2n) is 7.30. The van der Waals surface area contributed by atoms with Crippen LogP contribution < -0.4 is 5.32 Å². The van der Waals surface area contributed by atoms with Gasteiger partial charge in [0.2, 0.25) is 0 Å². The Morgan fingerprint density at radius 3 is 2.43 bits per heavy atom. The summed E-state index contributed by atoms with van der Waals surface area (Å²) in [6.45, 7) is 5.68. The maximum absolute atomic E-state index is 12.7. The molecule has 1 N–H and O–H groups in total. The van der Waals surface area contributed by atoms with E-state index in [4.69, 9.17) is 4.42 Å². The molecule has 1 aliphatic rings. The number of aromatic nitrogens is 1. The molecule has 7 nitrogen and oxygen atoms in total. The summed E-state index contributed by atoms with van der Waals surface area (Å²) in [5, 5.41) is 5.90. The number of amides is 3. The number of hydrogen-bond donors (Lipinski definition) is 1. The number of piperazine rings is 1. The number of benzene rings is 1. The quantitative estimate of drug-likeness (QED) is 0.688. The van der Waals surface area contributed by atoms with Crippen molar-refractivity contribution in [1.82, 2.24) is 20.1 Å². The first kappa shape index (κ1) is 20.2. The van der Waals surface area contributed by atoms with Gasteiger partial charge >= 0.3 is 6.03 Å². The Hall–Kier alpha value is -3.13. The van der Waals surface area contributed by atoms with Crippen molar-refractivity contribution in [1.29, 1.82) is 0 Å². The number of hydrogen-bond acceptors (Lipinski definition) is 5. The van der Waals surface area contributed by atoms with Crippen LogP contribution in [0.4, 0.5) is 4.79 Å². The summed E-state index contributed by atoms with van der Waals surface area (Å²) in [5.41, 5.74) is 1.98. The van der Waals surface area contributed by atoms with Gasteiger partial charge in [-0.1, -0.05) is 30.3 Å². The van der Waals surface area contributed by atoms with Crippen molar-refractivity contribution in [3.05, 3.63) is 64.4 Å². The Morgan fingerprint density at radius 1 is 1.07 bits per heavy atom. The van der Waals surface area contributed by atoms with Crippen LogP contribution in [-0.2, 0) is 0 Å². The van der Waals surface area contributed by atoms with Gasteiger partial charge in [-0.2, -0.15) is 0 Å². The third-order valence-electron chi connectivity index (χ3n) is 5.11. The van der Waals surface area contributed by atoms with Crippen LogP contribution in [-0.4, -0.2) is 52.9 Å². The van der Waals surface area contributed by atoms with Crippen molar-refractivity contribution in [2.75, 3.05) is 26.2 Å². The molecular formula is C22H24N4O3S. The van der Waals surface area contributed by atoms with Crippen molar-refractivity contribution in [3.63, 3.8) is 0 Å². The van der Waals surface area contributed by atoms with E-state index in [0.717, 1.165) is 16.3 Å². The second kappa shape index (κ2) is 8.71. The molecular weight excluding hydrogens is 400 g/mol. The Bertz CT molecular complexity index is 1020. The Labute approximate surface area is 179 Å². The molecule has 3 aromatic rings. The molecule has 1 aromatic carbocycles. The summed E-state index contributed by atoms with van der Waals surface area (Å²) in [6, 6.07) is 13.1. The average Bonchev–Trinajstić information content (AvgIpc) is 3.43. The minimum Gasteiger partial charge on any atom is -0.456 e. The van der Waals surface area contributed by atoms with Crippen LogP contribution in [0.1, 0.15) is 34.3 Å². The summed E-state index contributed by atoms with van der Waals surface area (Å²) >= 11 is 1.54. The summed E-state index contributed by atoms with van der Waals surface area (Å²) in [7, 11) is 0. The lowest BCUT2D eigenvalue weighted by Gasteiger charge is -2.34. The number of nitrogens with one attached hydrogen (secondary N) is 1. The monoisotopic (exact) mass is 424 g/mol. The maximum Gasteiger partial charge on any atom is 0.318 e. The van der Waals surface area contributed by atoms with E-state index in [1.54, 1.807) is 21.9 Å². The zero-order valence-electron chi connectivity index (χ0n) is 17.0. The molecule has 8 heteroatoms. The van der Waals surface area contributed by atoms with Gasteiger partial charge in [0.1, 0.15) is 10.8 Å². The Kier molecular flexibility index (Phi) is 5.85. The topological polar surface area (TPSA) is 78.7 Å². The van der Waals surface area contributed by atoms with Crippen LogP contribution in [0, 0.1) is 6.92 Å². The van der Waals surface area contributed by atoms with Gasteiger partial charge in [-0.25, -0.2) is 9.78 Å². The molecule has 2 aromatic heterocycles. The van der Waals surface area contributed by atoms with Gasteiger partial charge in [-0.15, -0.1) is 11.3 Å². The molecule has 3 heterocycles. The molecule has 3 amide bonds. The average molecular weight is 425 g/mol. The molecule has 4 rings (SSSR count). The molecule has 1 fully saturated rings. The van der Waals surface area contributed by atoms with Crippen molar-refractivity contribution < 1.29 is 14.0 Å². The third-order valence-corrected chi connectivity index (χ3v) is 6.13. The van der Waals surface area contributed by atoms with Crippen LogP contribution in [0.15, 0.2) is 52.3 Å². The number of aryl methyl sites for hydroxylation is 1. The van der Waals surface area contributed by atoms with Crippen molar-refractivity contribution in [2.45, 2.75) is 19.9 Å². The fourth-order valence-electron chi connectivity index (χ4n) is 3.38. The zero-order chi connectivity index (χ0) is 21.1. The lowest BCUT2D eigenvalue weighted by molar-refractivity contribution is 0.0631. The lowest BCUT2D eigenvalue weighted by Crippen LogP contribution is -2.53. The summed E-state index contributed by atoms with van der Waals surface area (Å²) in [5.74, 6) is 0.924. The van der Waals surface area contributed by atoms with Crippen LogP contribution in [0.5, 0.6) is 0 Å². The first-order valence-corrected chi connectivity index (χ1v) is 10.8. The fourth-order valence-corrected chi connectivity index (χ4v) is 4.22. The molecule has 156 valence electrons. The highest BCUT2D eigenvalue weighted by Gasteiger charge is 2.27. The van der Waals surface area contributed by atoms with Gasteiger partial charge in [-0.3, -0.25) is 4.79 Å². The van der Waals surface area contributed by atoms with Gasteiger partial charge < -0.3 is 19.5 Å². The highest BCUT2D eigenvalue weighted by Crippen LogP contribution is 2.25. The smallest absolute Gasteiger partial charge is 0.318 e. The molecule has 0 bridgehead atoms. The summed E-state index contributed by atoms with van der Waals surface area (Å²) < 4.78 is 5.42. The number of carbonyl (C=O) groups excluding carboxylic acids is 2. The van der Waals surface area contributed by atoms with Crippen LogP contribution >= 0.6 is 11.3 Å². The zero-order valence-corrected chi connectivity index (χ0v) is 17.8. The van der Waals surface area contributed by atoms with E-state index in [9.17, 15) is 9.59 Å². The molecule has 0 spiro atoms. The molecule has 30 heavy (non-hydrogen) atoms. The molecule has 1 unspecified atom stereocenters. The third kappa shape index (κ3) is 4.38. The molecule has 0 saturated carbocycles. The first-order valence-electron chi connectivity index (χ1n) is 9.93. The summed E-state index contributed by atoms with van der Waals surface area (Å²) in [6.07, 6.45) is 0. The van der Waals surface area contributed by atoms with E-state index in [1.807, 2.05) is 49.6 Å². The minimum absolute atomic E-state index is 0.132. The van der Waals surface area contributed by atoms with E-state index in [2.05, 4.69) is 10.3 Å². The Balaban J connectivity index is 1.30. The van der Waals surface area contributed by atoms with E-state index in [1.165, 1.54) is 11.3 Å². The predicted octanol–water partition coefficient (Wildman–Crippen LogP) is 3.94. The van der Waals surface area contributed by atoms with Crippen LogP contribution in [0.3, 0.4) is 0 Å². The van der Waals surface area contributed by atoms with Gasteiger partial charge in [0.15, 0.2) is 5.76 Å². The highest BCUT2D eigenvalue weighted by atomic mass is 32.1.